The van der Waals surface area contributed by atoms with Crippen molar-refractivity contribution in [1.82, 2.24) is 4.98 Å². The molecule has 98 valence electrons. The average Bonchev–Trinajstić information content (AvgIpc) is 2.47. The lowest BCUT2D eigenvalue weighted by molar-refractivity contribution is -0.116. The van der Waals surface area contributed by atoms with Gasteiger partial charge in [0.25, 0.3) is 0 Å². The molecule has 4 heteroatoms. The summed E-state index contributed by atoms with van der Waals surface area (Å²) >= 11 is 0. The van der Waals surface area contributed by atoms with E-state index in [0.29, 0.717) is 18.7 Å². The Morgan fingerprint density at radius 2 is 2.00 bits per heavy atom. The van der Waals surface area contributed by atoms with Crippen molar-refractivity contribution in [3.05, 3.63) is 54.2 Å². The van der Waals surface area contributed by atoms with Crippen LogP contribution in [0.25, 0.3) is 0 Å². The molecule has 0 fully saturated rings. The number of methoxy groups -OCH3 is 1. The zero-order valence-corrected chi connectivity index (χ0v) is 10.8. The van der Waals surface area contributed by atoms with E-state index in [0.717, 1.165) is 11.3 Å². The molecule has 1 aromatic carbocycles. The molecule has 1 N–H and O–H groups in total. The van der Waals surface area contributed by atoms with Gasteiger partial charge in [-0.25, -0.2) is 4.98 Å². The topological polar surface area (TPSA) is 51.2 Å². The number of aryl methyl sites for hydroxylation is 1. The number of nitrogens with one attached hydrogen (secondary N) is 1. The van der Waals surface area contributed by atoms with Gasteiger partial charge in [0.15, 0.2) is 0 Å². The molecule has 1 amide bonds. The normalized spacial score (nSPS) is 9.95. The zero-order valence-electron chi connectivity index (χ0n) is 10.8. The van der Waals surface area contributed by atoms with E-state index >= 15 is 0 Å². The number of anilines is 1. The summed E-state index contributed by atoms with van der Waals surface area (Å²) < 4.78 is 5.09. The number of hydrogen-bond donors (Lipinski definition) is 1. The second-order valence-electron chi connectivity index (χ2n) is 4.11. The summed E-state index contributed by atoms with van der Waals surface area (Å²) in [6, 6.07) is 13.1. The second-order valence-corrected chi connectivity index (χ2v) is 4.11. The number of hydrogen-bond acceptors (Lipinski definition) is 3. The van der Waals surface area contributed by atoms with Gasteiger partial charge in [-0.3, -0.25) is 4.79 Å². The maximum absolute atomic E-state index is 11.7. The van der Waals surface area contributed by atoms with Gasteiger partial charge < -0.3 is 10.1 Å². The van der Waals surface area contributed by atoms with Crippen LogP contribution in [-0.2, 0) is 11.2 Å². The van der Waals surface area contributed by atoms with Crippen molar-refractivity contribution in [2.24, 2.45) is 0 Å². The minimum Gasteiger partial charge on any atom is -0.497 e. The molecule has 0 aliphatic heterocycles. The summed E-state index contributed by atoms with van der Waals surface area (Å²) in [6.45, 7) is 0. The highest BCUT2D eigenvalue weighted by molar-refractivity contribution is 5.89. The number of aromatic nitrogens is 1. The molecule has 19 heavy (non-hydrogen) atoms. The minimum atomic E-state index is -0.0329. The Hall–Kier alpha value is -2.36. The van der Waals surface area contributed by atoms with E-state index in [1.165, 1.54) is 0 Å². The standard InChI is InChI=1S/C15H16N2O2/c1-19-13-8-5-12(6-9-13)7-10-15(18)17-14-4-2-3-11-16-14/h2-6,8-9,11H,7,10H2,1H3,(H,16,17,18). The molecule has 1 aromatic heterocycles. The van der Waals surface area contributed by atoms with E-state index in [1.807, 2.05) is 36.4 Å². The Kier molecular flexibility index (Phi) is 4.50. The number of benzene rings is 1. The van der Waals surface area contributed by atoms with Crippen LogP contribution in [0, 0.1) is 0 Å². The predicted molar refractivity (Wildman–Crippen MR) is 74.2 cm³/mol. The van der Waals surface area contributed by atoms with Crippen LogP contribution < -0.4 is 10.1 Å². The molecule has 0 atom stereocenters. The van der Waals surface area contributed by atoms with E-state index in [2.05, 4.69) is 10.3 Å². The monoisotopic (exact) mass is 256 g/mol. The summed E-state index contributed by atoms with van der Waals surface area (Å²) in [5, 5.41) is 2.76. The van der Waals surface area contributed by atoms with Crippen LogP contribution in [0.4, 0.5) is 5.82 Å². The SMILES string of the molecule is COc1ccc(CCC(=O)Nc2ccccn2)cc1. The van der Waals surface area contributed by atoms with Gasteiger partial charge >= 0.3 is 0 Å². The molecule has 2 rings (SSSR count). The summed E-state index contributed by atoms with van der Waals surface area (Å²) in [4.78, 5) is 15.8. The lowest BCUT2D eigenvalue weighted by Gasteiger charge is -2.05. The second kappa shape index (κ2) is 6.54. The van der Waals surface area contributed by atoms with Gasteiger partial charge in [0.05, 0.1) is 7.11 Å². The number of rotatable bonds is 5. The van der Waals surface area contributed by atoms with Crippen LogP contribution in [0.2, 0.25) is 0 Å². The van der Waals surface area contributed by atoms with E-state index in [4.69, 9.17) is 4.74 Å². The number of pyridine rings is 1. The molecular formula is C15H16N2O2. The molecule has 0 saturated carbocycles. The summed E-state index contributed by atoms with van der Waals surface area (Å²) in [6.07, 6.45) is 2.78. The van der Waals surface area contributed by atoms with Crippen molar-refractivity contribution in [2.45, 2.75) is 12.8 Å². The molecule has 0 aliphatic carbocycles. The first kappa shape index (κ1) is 13.1. The first-order valence-electron chi connectivity index (χ1n) is 6.12. The first-order valence-corrected chi connectivity index (χ1v) is 6.12. The van der Waals surface area contributed by atoms with Crippen molar-refractivity contribution in [3.63, 3.8) is 0 Å². The van der Waals surface area contributed by atoms with E-state index < -0.39 is 0 Å². The van der Waals surface area contributed by atoms with Gasteiger partial charge in [-0.05, 0) is 36.2 Å². The first-order chi connectivity index (χ1) is 9.28. The highest BCUT2D eigenvalue weighted by Crippen LogP contribution is 2.12. The van der Waals surface area contributed by atoms with Gasteiger partial charge in [0.1, 0.15) is 11.6 Å². The number of carbonyl (C=O) groups excluding carboxylic acids is 1. The predicted octanol–water partition coefficient (Wildman–Crippen LogP) is 2.66. The Morgan fingerprint density at radius 1 is 1.21 bits per heavy atom. The van der Waals surface area contributed by atoms with Gasteiger partial charge in [-0.15, -0.1) is 0 Å². The molecular weight excluding hydrogens is 240 g/mol. The lowest BCUT2D eigenvalue weighted by Crippen LogP contribution is -2.13. The van der Waals surface area contributed by atoms with Crippen LogP contribution in [0.15, 0.2) is 48.7 Å². The summed E-state index contributed by atoms with van der Waals surface area (Å²) in [5.41, 5.74) is 1.11. The quantitative estimate of drug-likeness (QED) is 0.894. The van der Waals surface area contributed by atoms with E-state index in [9.17, 15) is 4.79 Å². The molecule has 2 aromatic rings. The summed E-state index contributed by atoms with van der Waals surface area (Å²) in [7, 11) is 1.63. The fraction of sp³-hybridized carbons (Fsp3) is 0.200. The lowest BCUT2D eigenvalue weighted by atomic mass is 10.1. The largest absolute Gasteiger partial charge is 0.497 e. The number of carbonyl (C=O) groups is 1. The van der Waals surface area contributed by atoms with Gasteiger partial charge in [-0.1, -0.05) is 18.2 Å². The maximum Gasteiger partial charge on any atom is 0.225 e. The Balaban J connectivity index is 1.83. The third kappa shape index (κ3) is 4.10. The molecule has 4 nitrogen and oxygen atoms in total. The van der Waals surface area contributed by atoms with Crippen molar-refractivity contribution in [1.29, 1.82) is 0 Å². The van der Waals surface area contributed by atoms with Crippen molar-refractivity contribution < 1.29 is 9.53 Å². The zero-order chi connectivity index (χ0) is 13.5. The maximum atomic E-state index is 11.7. The van der Waals surface area contributed by atoms with E-state index in [-0.39, 0.29) is 5.91 Å². The van der Waals surface area contributed by atoms with Crippen LogP contribution in [0.3, 0.4) is 0 Å². The molecule has 0 radical (unpaired) electrons. The molecule has 0 spiro atoms. The third-order valence-electron chi connectivity index (χ3n) is 2.73. The van der Waals surface area contributed by atoms with Crippen LogP contribution in [0.1, 0.15) is 12.0 Å². The van der Waals surface area contributed by atoms with Crippen LogP contribution in [0.5, 0.6) is 5.75 Å². The van der Waals surface area contributed by atoms with Crippen molar-refractivity contribution in [3.8, 4) is 5.75 Å². The van der Waals surface area contributed by atoms with Crippen molar-refractivity contribution >= 4 is 11.7 Å². The van der Waals surface area contributed by atoms with Crippen LogP contribution in [-0.4, -0.2) is 18.0 Å². The number of ether oxygens (including phenoxy) is 1. The fourth-order valence-electron chi connectivity index (χ4n) is 1.69. The average molecular weight is 256 g/mol. The molecule has 1 heterocycles. The van der Waals surface area contributed by atoms with E-state index in [1.54, 1.807) is 19.4 Å². The molecule has 0 bridgehead atoms. The smallest absolute Gasteiger partial charge is 0.225 e. The summed E-state index contributed by atoms with van der Waals surface area (Å²) in [5.74, 6) is 1.37. The number of amides is 1. The van der Waals surface area contributed by atoms with Gasteiger partial charge in [-0.2, -0.15) is 0 Å². The fourth-order valence-corrected chi connectivity index (χ4v) is 1.69. The highest BCUT2D eigenvalue weighted by atomic mass is 16.5. The van der Waals surface area contributed by atoms with Gasteiger partial charge in [0.2, 0.25) is 5.91 Å². The highest BCUT2D eigenvalue weighted by Gasteiger charge is 2.03. The molecule has 0 aliphatic rings. The van der Waals surface area contributed by atoms with Crippen LogP contribution >= 0.6 is 0 Å². The minimum absolute atomic E-state index is 0.0329. The molecule has 0 saturated heterocycles. The third-order valence-corrected chi connectivity index (χ3v) is 2.73. The van der Waals surface area contributed by atoms with Gasteiger partial charge in [0, 0.05) is 12.6 Å². The van der Waals surface area contributed by atoms with Crippen molar-refractivity contribution in [2.75, 3.05) is 12.4 Å². The Morgan fingerprint density at radius 3 is 2.63 bits per heavy atom. The molecule has 0 unspecified atom stereocenters. The Bertz CT molecular complexity index is 524. The number of nitrogens with zero attached hydrogens (tertiary/aromatic N) is 1. The Labute approximate surface area is 112 Å².